The maximum absolute atomic E-state index is 13.1. The van der Waals surface area contributed by atoms with Crippen LogP contribution in [-0.4, -0.2) is 28.5 Å². The quantitative estimate of drug-likeness (QED) is 0.803. The lowest BCUT2D eigenvalue weighted by Gasteiger charge is -2.17. The average Bonchev–Trinajstić information content (AvgIpc) is 2.86. The third-order valence-corrected chi connectivity index (χ3v) is 5.47. The van der Waals surface area contributed by atoms with E-state index in [1.54, 1.807) is 0 Å². The van der Waals surface area contributed by atoms with Crippen molar-refractivity contribution in [3.05, 3.63) is 99.9 Å². The molecule has 5 heteroatoms. The Hall–Kier alpha value is -3.73. The minimum absolute atomic E-state index is 0.305. The van der Waals surface area contributed by atoms with Crippen LogP contribution in [0.5, 0.6) is 0 Å². The first-order valence-electron chi connectivity index (χ1n) is 9.56. The first kappa shape index (κ1) is 17.4. The molecule has 5 nitrogen and oxygen atoms in total. The number of aromatic nitrogens is 1. The van der Waals surface area contributed by atoms with Gasteiger partial charge >= 0.3 is 6.03 Å². The van der Waals surface area contributed by atoms with Gasteiger partial charge in [0.1, 0.15) is 0 Å². The molecule has 1 aromatic heterocycles. The molecular weight excluding hydrogens is 362 g/mol. The van der Waals surface area contributed by atoms with Gasteiger partial charge in [0.2, 0.25) is 0 Å². The molecule has 3 amide bonds. The Morgan fingerprint density at radius 2 is 1.76 bits per heavy atom. The standard InChI is InChI=1S/C24H19N3O2/c1-26-23(28)21-20-18-12-6-5-8-16(14-18)11-7-13-19(20)27(22(21)25-24(26)29)15-17-9-3-2-4-10-17/h2-13H,14-15H2,1H3. The molecule has 2 aliphatic carbocycles. The van der Waals surface area contributed by atoms with Gasteiger partial charge in [-0.2, -0.15) is 4.99 Å². The van der Waals surface area contributed by atoms with Crippen LogP contribution >= 0.6 is 0 Å². The maximum Gasteiger partial charge on any atom is 0.352 e. The van der Waals surface area contributed by atoms with Crippen LogP contribution < -0.4 is 10.8 Å². The monoisotopic (exact) mass is 381 g/mol. The van der Waals surface area contributed by atoms with Crippen LogP contribution in [-0.2, 0) is 6.54 Å². The van der Waals surface area contributed by atoms with Crippen LogP contribution in [0.15, 0.2) is 77.4 Å². The van der Waals surface area contributed by atoms with E-state index in [0.29, 0.717) is 17.6 Å². The Morgan fingerprint density at radius 1 is 0.966 bits per heavy atom. The lowest BCUT2D eigenvalue weighted by molar-refractivity contribution is 0.0827. The molecule has 2 aromatic rings. The lowest BCUT2D eigenvalue weighted by Crippen LogP contribution is -2.42. The smallest absolute Gasteiger partial charge is 0.320 e. The van der Waals surface area contributed by atoms with Crippen molar-refractivity contribution in [1.82, 2.24) is 9.47 Å². The highest BCUT2D eigenvalue weighted by Crippen LogP contribution is 2.28. The second-order valence-electron chi connectivity index (χ2n) is 7.31. The summed E-state index contributed by atoms with van der Waals surface area (Å²) in [6, 6.07) is 9.46. The molecule has 2 heterocycles. The van der Waals surface area contributed by atoms with Crippen LogP contribution in [0.2, 0.25) is 0 Å². The first-order chi connectivity index (χ1) is 14.1. The van der Waals surface area contributed by atoms with Gasteiger partial charge in [-0.3, -0.25) is 9.69 Å². The van der Waals surface area contributed by atoms with Gasteiger partial charge < -0.3 is 4.57 Å². The van der Waals surface area contributed by atoms with Gasteiger partial charge in [-0.05, 0) is 29.2 Å². The topological polar surface area (TPSA) is 54.7 Å². The Bertz CT molecular complexity index is 1290. The number of hydrogen-bond donors (Lipinski definition) is 0. The van der Waals surface area contributed by atoms with Crippen LogP contribution in [0.1, 0.15) is 27.9 Å². The first-order valence-corrected chi connectivity index (χ1v) is 9.56. The van der Waals surface area contributed by atoms with Gasteiger partial charge in [-0.1, -0.05) is 66.8 Å². The van der Waals surface area contributed by atoms with Gasteiger partial charge in [-0.25, -0.2) is 4.79 Å². The molecule has 0 N–H and O–H groups in total. The summed E-state index contributed by atoms with van der Waals surface area (Å²) < 4.78 is 1.98. The van der Waals surface area contributed by atoms with Crippen molar-refractivity contribution in [2.24, 2.45) is 4.99 Å². The molecule has 0 radical (unpaired) electrons. The Balaban J connectivity index is 1.87. The molecule has 5 rings (SSSR count). The minimum Gasteiger partial charge on any atom is -0.320 e. The number of urea groups is 1. The van der Waals surface area contributed by atoms with Crippen LogP contribution in [0, 0.1) is 0 Å². The van der Waals surface area contributed by atoms with Gasteiger partial charge in [0.15, 0.2) is 5.49 Å². The average molecular weight is 381 g/mol. The van der Waals surface area contributed by atoms with Crippen molar-refractivity contribution in [3.63, 3.8) is 0 Å². The van der Waals surface area contributed by atoms with Crippen molar-refractivity contribution >= 4 is 23.6 Å². The lowest BCUT2D eigenvalue weighted by atomic mass is 9.94. The van der Waals surface area contributed by atoms with Crippen LogP contribution in [0.25, 0.3) is 11.6 Å². The van der Waals surface area contributed by atoms with Crippen molar-refractivity contribution in [2.75, 3.05) is 7.05 Å². The molecule has 2 bridgehead atoms. The third-order valence-electron chi connectivity index (χ3n) is 5.47. The molecule has 1 aromatic carbocycles. The molecule has 29 heavy (non-hydrogen) atoms. The third kappa shape index (κ3) is 2.83. The van der Waals surface area contributed by atoms with E-state index in [9.17, 15) is 9.59 Å². The van der Waals surface area contributed by atoms with E-state index in [1.807, 2.05) is 65.3 Å². The molecule has 3 aliphatic rings. The Morgan fingerprint density at radius 3 is 2.59 bits per heavy atom. The summed E-state index contributed by atoms with van der Waals surface area (Å²) in [6.07, 6.45) is 14.9. The second-order valence-corrected chi connectivity index (χ2v) is 7.31. The van der Waals surface area contributed by atoms with Gasteiger partial charge in [0, 0.05) is 19.2 Å². The van der Waals surface area contributed by atoms with Gasteiger partial charge in [0.25, 0.3) is 5.91 Å². The highest BCUT2D eigenvalue weighted by Gasteiger charge is 2.32. The molecule has 0 saturated carbocycles. The summed E-state index contributed by atoms with van der Waals surface area (Å²) in [7, 11) is 1.48. The van der Waals surface area contributed by atoms with E-state index in [4.69, 9.17) is 0 Å². The predicted molar refractivity (Wildman–Crippen MR) is 112 cm³/mol. The van der Waals surface area contributed by atoms with Crippen molar-refractivity contribution < 1.29 is 9.59 Å². The number of nitrogens with zero attached hydrogens (tertiary/aromatic N) is 3. The maximum atomic E-state index is 13.1. The number of carbonyl (C=O) groups is 2. The van der Waals surface area contributed by atoms with Crippen LogP contribution in [0.3, 0.4) is 0 Å². The Labute approximate surface area is 168 Å². The normalized spacial score (nSPS) is 17.2. The number of fused-ring (bicyclic) bond motifs is 6. The number of benzene rings is 1. The van der Waals surface area contributed by atoms with Gasteiger partial charge in [-0.15, -0.1) is 0 Å². The number of carbonyl (C=O) groups excluding carboxylic acids is 2. The van der Waals surface area contributed by atoms with E-state index >= 15 is 0 Å². The summed E-state index contributed by atoms with van der Waals surface area (Å²) in [5.41, 5.74) is 5.11. The number of amides is 3. The molecule has 0 atom stereocenters. The fourth-order valence-corrected chi connectivity index (χ4v) is 4.02. The Kier molecular flexibility index (Phi) is 4.02. The molecule has 0 spiro atoms. The molecule has 142 valence electrons. The fraction of sp³-hybridized carbons (Fsp3) is 0.125. The zero-order chi connectivity index (χ0) is 20.0. The summed E-state index contributed by atoms with van der Waals surface area (Å²) in [5.74, 6) is -0.305. The molecule has 0 unspecified atom stereocenters. The zero-order valence-electron chi connectivity index (χ0n) is 16.0. The second kappa shape index (κ2) is 6.71. The fourth-order valence-electron chi connectivity index (χ4n) is 4.02. The van der Waals surface area contributed by atoms with Crippen molar-refractivity contribution in [1.29, 1.82) is 0 Å². The van der Waals surface area contributed by atoms with E-state index in [1.165, 1.54) is 12.6 Å². The SMILES string of the molecule is CN1C(=O)N=c2c(c3c(n2Cc2ccccc2)=CC=CC2=CC=CC=C3C2)C1=O. The molecule has 0 saturated heterocycles. The van der Waals surface area contributed by atoms with Crippen molar-refractivity contribution in [2.45, 2.75) is 13.0 Å². The number of allylic oxidation sites excluding steroid dienone is 8. The van der Waals surface area contributed by atoms with E-state index < -0.39 is 6.03 Å². The highest BCUT2D eigenvalue weighted by molar-refractivity contribution is 6.09. The summed E-state index contributed by atoms with van der Waals surface area (Å²) in [4.78, 5) is 30.9. The van der Waals surface area contributed by atoms with E-state index in [0.717, 1.165) is 33.4 Å². The molecule has 0 fully saturated rings. The number of imide groups is 1. The number of hydrogen-bond acceptors (Lipinski definition) is 2. The number of rotatable bonds is 2. The molecular formula is C24H19N3O2. The largest absolute Gasteiger partial charge is 0.352 e. The molecule has 1 aliphatic heterocycles. The van der Waals surface area contributed by atoms with Crippen LogP contribution in [0.4, 0.5) is 4.79 Å². The van der Waals surface area contributed by atoms with Crippen molar-refractivity contribution in [3.8, 4) is 0 Å². The zero-order valence-corrected chi connectivity index (χ0v) is 16.0. The van der Waals surface area contributed by atoms with E-state index in [2.05, 4.69) is 17.1 Å². The summed E-state index contributed by atoms with van der Waals surface area (Å²) in [5, 5.41) is 0.899. The van der Waals surface area contributed by atoms with Gasteiger partial charge in [0.05, 0.1) is 10.9 Å². The minimum atomic E-state index is -0.534. The highest BCUT2D eigenvalue weighted by atomic mass is 16.2. The van der Waals surface area contributed by atoms with E-state index in [-0.39, 0.29) is 5.91 Å². The summed E-state index contributed by atoms with van der Waals surface area (Å²) in [6.45, 7) is 0.530. The summed E-state index contributed by atoms with van der Waals surface area (Å²) >= 11 is 0. The predicted octanol–water partition coefficient (Wildman–Crippen LogP) is 2.98.